The Bertz CT molecular complexity index is 453. The predicted molar refractivity (Wildman–Crippen MR) is 96.6 cm³/mol. The van der Waals surface area contributed by atoms with Crippen LogP contribution in [0.25, 0.3) is 0 Å². The first-order valence-corrected chi connectivity index (χ1v) is 9.38. The van der Waals surface area contributed by atoms with Gasteiger partial charge in [0.1, 0.15) is 0 Å². The smallest absolute Gasteiger partial charge is 0.316 e. The van der Waals surface area contributed by atoms with E-state index in [-0.39, 0.29) is 5.97 Å². The topological polar surface area (TPSA) is 26.3 Å². The Morgan fingerprint density at radius 3 is 2.36 bits per heavy atom. The Labute approximate surface area is 143 Å². The molecule has 22 heavy (non-hydrogen) atoms. The van der Waals surface area contributed by atoms with Gasteiger partial charge in [0, 0.05) is 5.33 Å². The average Bonchev–Trinajstić information content (AvgIpc) is 2.47. The second kappa shape index (κ2) is 9.34. The third-order valence-corrected chi connectivity index (χ3v) is 4.58. The SMILES string of the molecule is CCOC(=O)[C@](C)(CCCCBr)c1ccc(CC(C)C)cc1. The molecule has 0 aliphatic heterocycles. The molecule has 0 spiro atoms. The zero-order valence-corrected chi connectivity index (χ0v) is 15.9. The van der Waals surface area contributed by atoms with Crippen LogP contribution in [0.5, 0.6) is 0 Å². The predicted octanol–water partition coefficient (Wildman–Crippen LogP) is 5.27. The molecule has 1 aromatic rings. The van der Waals surface area contributed by atoms with Crippen molar-refractivity contribution in [3.8, 4) is 0 Å². The van der Waals surface area contributed by atoms with Crippen molar-refractivity contribution >= 4 is 21.9 Å². The molecule has 0 aliphatic carbocycles. The first-order chi connectivity index (χ1) is 10.4. The van der Waals surface area contributed by atoms with Gasteiger partial charge in [-0.25, -0.2) is 0 Å². The standard InChI is InChI=1S/C19H29BrO2/c1-5-22-18(21)19(4,12-6-7-13-20)17-10-8-16(9-11-17)14-15(2)3/h8-11,15H,5-7,12-14H2,1-4H3/t19-/m1/s1. The number of benzene rings is 1. The number of esters is 1. The monoisotopic (exact) mass is 368 g/mol. The Balaban J connectivity index is 2.96. The van der Waals surface area contributed by atoms with Crippen LogP contribution in [0.1, 0.15) is 58.1 Å². The van der Waals surface area contributed by atoms with Gasteiger partial charge >= 0.3 is 5.97 Å². The van der Waals surface area contributed by atoms with E-state index in [1.807, 2.05) is 13.8 Å². The highest BCUT2D eigenvalue weighted by molar-refractivity contribution is 9.09. The Morgan fingerprint density at radius 1 is 1.23 bits per heavy atom. The van der Waals surface area contributed by atoms with E-state index in [9.17, 15) is 4.79 Å². The molecule has 0 bridgehead atoms. The van der Waals surface area contributed by atoms with E-state index in [4.69, 9.17) is 4.74 Å². The van der Waals surface area contributed by atoms with E-state index in [2.05, 4.69) is 54.0 Å². The Morgan fingerprint density at radius 2 is 1.86 bits per heavy atom. The summed E-state index contributed by atoms with van der Waals surface area (Å²) < 4.78 is 5.34. The summed E-state index contributed by atoms with van der Waals surface area (Å²) in [7, 11) is 0. The van der Waals surface area contributed by atoms with Crippen LogP contribution < -0.4 is 0 Å². The number of unbranched alkanes of at least 4 members (excludes halogenated alkanes) is 1. The zero-order chi connectivity index (χ0) is 16.6. The highest BCUT2D eigenvalue weighted by Crippen LogP contribution is 2.32. The Hall–Kier alpha value is -0.830. The van der Waals surface area contributed by atoms with Gasteiger partial charge in [-0.3, -0.25) is 4.79 Å². The van der Waals surface area contributed by atoms with Crippen LogP contribution in [-0.4, -0.2) is 17.9 Å². The summed E-state index contributed by atoms with van der Waals surface area (Å²) in [5.41, 5.74) is 1.84. The fourth-order valence-corrected chi connectivity index (χ4v) is 3.10. The van der Waals surface area contributed by atoms with E-state index >= 15 is 0 Å². The van der Waals surface area contributed by atoms with E-state index in [0.717, 1.165) is 36.6 Å². The summed E-state index contributed by atoms with van der Waals surface area (Å²) in [4.78, 5) is 12.5. The molecule has 0 fully saturated rings. The summed E-state index contributed by atoms with van der Waals surface area (Å²) in [6.07, 6.45) is 3.97. The number of carbonyl (C=O) groups excluding carboxylic acids is 1. The normalized spacial score (nSPS) is 13.9. The van der Waals surface area contributed by atoms with E-state index < -0.39 is 5.41 Å². The lowest BCUT2D eigenvalue weighted by atomic mass is 9.78. The van der Waals surface area contributed by atoms with Gasteiger partial charge in [-0.1, -0.05) is 60.5 Å². The molecule has 0 aromatic heterocycles. The first kappa shape index (κ1) is 19.2. The molecule has 0 amide bonds. The molecule has 1 aromatic carbocycles. The number of alkyl halides is 1. The molecule has 1 atom stereocenters. The van der Waals surface area contributed by atoms with Crippen LogP contribution in [0.4, 0.5) is 0 Å². The fraction of sp³-hybridized carbons (Fsp3) is 0.632. The summed E-state index contributed by atoms with van der Waals surface area (Å²) in [6.45, 7) is 8.74. The molecule has 3 heteroatoms. The van der Waals surface area contributed by atoms with Crippen LogP contribution in [0, 0.1) is 5.92 Å². The lowest BCUT2D eigenvalue weighted by molar-refractivity contribution is -0.149. The minimum Gasteiger partial charge on any atom is -0.465 e. The van der Waals surface area contributed by atoms with Gasteiger partial charge in [0.15, 0.2) is 0 Å². The van der Waals surface area contributed by atoms with Crippen molar-refractivity contribution in [1.29, 1.82) is 0 Å². The molecule has 0 saturated heterocycles. The molecule has 1 rings (SSSR count). The number of hydrogen-bond acceptors (Lipinski definition) is 2. The molecule has 0 heterocycles. The average molecular weight is 369 g/mol. The van der Waals surface area contributed by atoms with Crippen molar-refractivity contribution in [2.45, 2.75) is 58.8 Å². The highest BCUT2D eigenvalue weighted by atomic mass is 79.9. The molecule has 0 N–H and O–H groups in total. The van der Waals surface area contributed by atoms with Crippen molar-refractivity contribution in [3.63, 3.8) is 0 Å². The highest BCUT2D eigenvalue weighted by Gasteiger charge is 2.36. The molecule has 0 saturated carbocycles. The van der Waals surface area contributed by atoms with Crippen molar-refractivity contribution in [2.75, 3.05) is 11.9 Å². The minimum atomic E-state index is -0.547. The van der Waals surface area contributed by atoms with Gasteiger partial charge in [-0.05, 0) is 50.2 Å². The quantitative estimate of drug-likeness (QED) is 0.337. The van der Waals surface area contributed by atoms with Gasteiger partial charge in [-0.15, -0.1) is 0 Å². The third kappa shape index (κ3) is 5.42. The van der Waals surface area contributed by atoms with Crippen LogP contribution in [0.2, 0.25) is 0 Å². The summed E-state index contributed by atoms with van der Waals surface area (Å²) in [5, 5.41) is 0.971. The van der Waals surface area contributed by atoms with Crippen LogP contribution in [-0.2, 0) is 21.4 Å². The van der Waals surface area contributed by atoms with Crippen molar-refractivity contribution in [2.24, 2.45) is 5.92 Å². The van der Waals surface area contributed by atoms with Crippen molar-refractivity contribution < 1.29 is 9.53 Å². The van der Waals surface area contributed by atoms with Crippen LogP contribution >= 0.6 is 15.9 Å². The fourth-order valence-electron chi connectivity index (χ4n) is 2.71. The maximum absolute atomic E-state index is 12.5. The maximum Gasteiger partial charge on any atom is 0.316 e. The van der Waals surface area contributed by atoms with Gasteiger partial charge in [0.25, 0.3) is 0 Å². The minimum absolute atomic E-state index is 0.110. The van der Waals surface area contributed by atoms with Gasteiger partial charge in [0.2, 0.25) is 0 Å². The molecule has 0 unspecified atom stereocenters. The van der Waals surface area contributed by atoms with E-state index in [1.165, 1.54) is 5.56 Å². The van der Waals surface area contributed by atoms with Crippen molar-refractivity contribution in [1.82, 2.24) is 0 Å². The molecular weight excluding hydrogens is 340 g/mol. The van der Waals surface area contributed by atoms with Gasteiger partial charge in [-0.2, -0.15) is 0 Å². The van der Waals surface area contributed by atoms with Gasteiger partial charge < -0.3 is 4.74 Å². The molecule has 124 valence electrons. The summed E-state index contributed by atoms with van der Waals surface area (Å²) in [6, 6.07) is 8.50. The van der Waals surface area contributed by atoms with E-state index in [1.54, 1.807) is 0 Å². The second-order valence-corrected chi connectivity index (χ2v) is 7.29. The Kier molecular flexibility index (Phi) is 8.16. The molecule has 0 aliphatic rings. The van der Waals surface area contributed by atoms with Crippen LogP contribution in [0.3, 0.4) is 0 Å². The summed E-state index contributed by atoms with van der Waals surface area (Å²) >= 11 is 3.46. The third-order valence-electron chi connectivity index (χ3n) is 4.02. The number of hydrogen-bond donors (Lipinski definition) is 0. The van der Waals surface area contributed by atoms with E-state index in [0.29, 0.717) is 12.5 Å². The number of halogens is 1. The van der Waals surface area contributed by atoms with Crippen LogP contribution in [0.15, 0.2) is 24.3 Å². The summed E-state index contributed by atoms with van der Waals surface area (Å²) in [5.74, 6) is 0.530. The van der Waals surface area contributed by atoms with Gasteiger partial charge in [0.05, 0.1) is 12.0 Å². The zero-order valence-electron chi connectivity index (χ0n) is 14.3. The largest absolute Gasteiger partial charge is 0.465 e. The lowest BCUT2D eigenvalue weighted by Gasteiger charge is -2.28. The molecular formula is C19H29BrO2. The molecule has 0 radical (unpaired) electrons. The molecule has 2 nitrogen and oxygen atoms in total. The number of carbonyl (C=O) groups is 1. The number of ether oxygens (including phenoxy) is 1. The van der Waals surface area contributed by atoms with Crippen molar-refractivity contribution in [3.05, 3.63) is 35.4 Å². The number of rotatable bonds is 9. The second-order valence-electron chi connectivity index (χ2n) is 6.49. The maximum atomic E-state index is 12.5. The lowest BCUT2D eigenvalue weighted by Crippen LogP contribution is -2.34. The first-order valence-electron chi connectivity index (χ1n) is 8.26.